The van der Waals surface area contributed by atoms with Gasteiger partial charge in [-0.1, -0.05) is 0 Å². The summed E-state index contributed by atoms with van der Waals surface area (Å²) < 4.78 is 6.77. The third-order valence-electron chi connectivity index (χ3n) is 2.90. The summed E-state index contributed by atoms with van der Waals surface area (Å²) in [6.45, 7) is 4.69. The predicted molar refractivity (Wildman–Crippen MR) is 65.1 cm³/mol. The van der Waals surface area contributed by atoms with Crippen LogP contribution in [-0.2, 0) is 11.8 Å². The molecular formula is C11H18N4O2. The Morgan fingerprint density at radius 1 is 1.47 bits per heavy atom. The van der Waals surface area contributed by atoms with Crippen molar-refractivity contribution in [2.75, 3.05) is 31.2 Å². The van der Waals surface area contributed by atoms with Crippen molar-refractivity contribution in [2.24, 2.45) is 12.8 Å². The van der Waals surface area contributed by atoms with Crippen LogP contribution in [0.1, 0.15) is 18.8 Å². The zero-order chi connectivity index (χ0) is 12.4. The minimum atomic E-state index is -0.256. The van der Waals surface area contributed by atoms with Gasteiger partial charge in [-0.25, -0.2) is 4.98 Å². The molecule has 0 aliphatic carbocycles. The van der Waals surface area contributed by atoms with Gasteiger partial charge in [0.15, 0.2) is 0 Å². The van der Waals surface area contributed by atoms with E-state index < -0.39 is 0 Å². The zero-order valence-electron chi connectivity index (χ0n) is 10.2. The lowest BCUT2D eigenvalue weighted by Gasteiger charge is -2.28. The lowest BCUT2D eigenvalue weighted by Crippen LogP contribution is -2.38. The number of ether oxygens (including phenoxy) is 1. The maximum Gasteiger partial charge on any atom is 0.255 e. The van der Waals surface area contributed by atoms with Gasteiger partial charge in [0.05, 0.1) is 19.3 Å². The summed E-state index contributed by atoms with van der Waals surface area (Å²) in [5.41, 5.74) is 5.74. The monoisotopic (exact) mass is 238 g/mol. The van der Waals surface area contributed by atoms with E-state index in [-0.39, 0.29) is 11.6 Å². The van der Waals surface area contributed by atoms with Gasteiger partial charge >= 0.3 is 0 Å². The Morgan fingerprint density at radius 2 is 2.12 bits per heavy atom. The SMILES string of the molecule is CC(N)c1nc(N2CCOCC2)cc(=O)n1C. The van der Waals surface area contributed by atoms with Gasteiger partial charge in [-0.15, -0.1) is 0 Å². The third-order valence-corrected chi connectivity index (χ3v) is 2.90. The largest absolute Gasteiger partial charge is 0.378 e. The standard InChI is InChI=1S/C11H18N4O2/c1-8(12)11-13-9(7-10(16)14(11)2)15-3-5-17-6-4-15/h7-8H,3-6,12H2,1-2H3. The third kappa shape index (κ3) is 2.48. The van der Waals surface area contributed by atoms with E-state index >= 15 is 0 Å². The molecule has 6 heteroatoms. The summed E-state index contributed by atoms with van der Waals surface area (Å²) in [6.07, 6.45) is 0. The van der Waals surface area contributed by atoms with Crippen molar-refractivity contribution in [1.82, 2.24) is 9.55 Å². The fourth-order valence-electron chi connectivity index (χ4n) is 1.91. The van der Waals surface area contributed by atoms with Gasteiger partial charge in [0.2, 0.25) is 0 Å². The Balaban J connectivity index is 2.37. The normalized spacial score (nSPS) is 18.2. The molecule has 2 N–H and O–H groups in total. The van der Waals surface area contributed by atoms with E-state index in [0.717, 1.165) is 13.1 Å². The minimum Gasteiger partial charge on any atom is -0.378 e. The van der Waals surface area contributed by atoms with Crippen LogP contribution in [-0.4, -0.2) is 35.9 Å². The Morgan fingerprint density at radius 3 is 2.71 bits per heavy atom. The van der Waals surface area contributed by atoms with Crippen LogP contribution in [0.5, 0.6) is 0 Å². The summed E-state index contributed by atoms with van der Waals surface area (Å²) in [6, 6.07) is 1.30. The minimum absolute atomic E-state index is 0.0752. The number of anilines is 1. The molecule has 1 saturated heterocycles. The molecule has 1 atom stereocenters. The van der Waals surface area contributed by atoms with Gasteiger partial charge in [-0.05, 0) is 6.92 Å². The molecule has 2 rings (SSSR count). The summed E-state index contributed by atoms with van der Waals surface area (Å²) in [7, 11) is 1.69. The van der Waals surface area contributed by atoms with Crippen LogP contribution in [0.25, 0.3) is 0 Å². The first-order valence-corrected chi connectivity index (χ1v) is 5.76. The number of nitrogens with two attached hydrogens (primary N) is 1. The quantitative estimate of drug-likeness (QED) is 0.761. The molecule has 0 saturated carbocycles. The average Bonchev–Trinajstić information content (AvgIpc) is 2.33. The highest BCUT2D eigenvalue weighted by atomic mass is 16.5. The molecule has 94 valence electrons. The summed E-state index contributed by atoms with van der Waals surface area (Å²) in [5, 5.41) is 0. The highest BCUT2D eigenvalue weighted by Gasteiger charge is 2.16. The molecule has 1 unspecified atom stereocenters. The summed E-state index contributed by atoms with van der Waals surface area (Å²) in [4.78, 5) is 18.3. The number of rotatable bonds is 2. The molecule has 0 amide bonds. The van der Waals surface area contributed by atoms with E-state index in [0.29, 0.717) is 24.9 Å². The van der Waals surface area contributed by atoms with Crippen molar-refractivity contribution < 1.29 is 4.74 Å². The molecule has 0 radical (unpaired) electrons. The van der Waals surface area contributed by atoms with Crippen LogP contribution in [0.3, 0.4) is 0 Å². The number of hydrogen-bond acceptors (Lipinski definition) is 5. The molecule has 1 fully saturated rings. The second kappa shape index (κ2) is 4.85. The van der Waals surface area contributed by atoms with Crippen molar-refractivity contribution >= 4 is 5.82 Å². The van der Waals surface area contributed by atoms with E-state index in [1.165, 1.54) is 4.57 Å². The second-order valence-corrected chi connectivity index (χ2v) is 4.26. The molecule has 1 aromatic heterocycles. The first kappa shape index (κ1) is 12.1. The van der Waals surface area contributed by atoms with E-state index in [2.05, 4.69) is 9.88 Å². The fraction of sp³-hybridized carbons (Fsp3) is 0.636. The van der Waals surface area contributed by atoms with E-state index in [1.54, 1.807) is 13.1 Å². The topological polar surface area (TPSA) is 73.4 Å². The van der Waals surface area contributed by atoms with Gasteiger partial charge in [0.1, 0.15) is 11.6 Å². The molecule has 0 aromatic carbocycles. The van der Waals surface area contributed by atoms with Crippen LogP contribution in [0, 0.1) is 0 Å². The van der Waals surface area contributed by atoms with Crippen molar-refractivity contribution in [3.05, 3.63) is 22.2 Å². The van der Waals surface area contributed by atoms with Crippen molar-refractivity contribution in [3.63, 3.8) is 0 Å². The van der Waals surface area contributed by atoms with Crippen LogP contribution in [0.15, 0.2) is 10.9 Å². The summed E-state index contributed by atoms with van der Waals surface area (Å²) in [5.74, 6) is 1.31. The first-order valence-electron chi connectivity index (χ1n) is 5.76. The van der Waals surface area contributed by atoms with Crippen LogP contribution in [0.4, 0.5) is 5.82 Å². The molecule has 17 heavy (non-hydrogen) atoms. The fourth-order valence-corrected chi connectivity index (χ4v) is 1.91. The molecule has 1 aromatic rings. The molecule has 1 aliphatic rings. The molecule has 0 bridgehead atoms. The molecule has 1 aliphatic heterocycles. The molecule has 0 spiro atoms. The number of hydrogen-bond donors (Lipinski definition) is 1. The Kier molecular flexibility index (Phi) is 3.44. The van der Waals surface area contributed by atoms with E-state index in [1.807, 2.05) is 6.92 Å². The first-order chi connectivity index (χ1) is 8.09. The van der Waals surface area contributed by atoms with Crippen molar-refractivity contribution in [2.45, 2.75) is 13.0 Å². The predicted octanol–water partition coefficient (Wildman–Crippen LogP) is -0.363. The average molecular weight is 238 g/mol. The van der Waals surface area contributed by atoms with E-state index in [4.69, 9.17) is 10.5 Å². The maximum atomic E-state index is 11.8. The van der Waals surface area contributed by atoms with Crippen LogP contribution in [0.2, 0.25) is 0 Å². The smallest absolute Gasteiger partial charge is 0.255 e. The van der Waals surface area contributed by atoms with Crippen LogP contribution >= 0.6 is 0 Å². The Labute approximate surface area is 100 Å². The highest BCUT2D eigenvalue weighted by Crippen LogP contribution is 2.13. The Hall–Kier alpha value is -1.40. The Bertz CT molecular complexity index is 449. The van der Waals surface area contributed by atoms with Gasteiger partial charge < -0.3 is 15.4 Å². The van der Waals surface area contributed by atoms with Crippen molar-refractivity contribution in [3.8, 4) is 0 Å². The molecule has 6 nitrogen and oxygen atoms in total. The van der Waals surface area contributed by atoms with E-state index in [9.17, 15) is 4.79 Å². The van der Waals surface area contributed by atoms with Crippen LogP contribution < -0.4 is 16.2 Å². The summed E-state index contributed by atoms with van der Waals surface area (Å²) >= 11 is 0. The second-order valence-electron chi connectivity index (χ2n) is 4.26. The maximum absolute atomic E-state index is 11.8. The molecule has 2 heterocycles. The lowest BCUT2D eigenvalue weighted by molar-refractivity contribution is 0.122. The number of aromatic nitrogens is 2. The van der Waals surface area contributed by atoms with Gasteiger partial charge in [0.25, 0.3) is 5.56 Å². The van der Waals surface area contributed by atoms with Crippen molar-refractivity contribution in [1.29, 1.82) is 0 Å². The number of morpholine rings is 1. The zero-order valence-corrected chi connectivity index (χ0v) is 10.2. The van der Waals surface area contributed by atoms with Gasteiger partial charge in [0, 0.05) is 26.2 Å². The van der Waals surface area contributed by atoms with Gasteiger partial charge in [-0.3, -0.25) is 9.36 Å². The number of nitrogens with zero attached hydrogens (tertiary/aromatic N) is 3. The lowest BCUT2D eigenvalue weighted by atomic mass is 10.3. The van der Waals surface area contributed by atoms with Gasteiger partial charge in [-0.2, -0.15) is 0 Å². The highest BCUT2D eigenvalue weighted by molar-refractivity contribution is 5.38. The molecular weight excluding hydrogens is 220 g/mol.